The maximum Gasteiger partial charge on any atom is 0.305 e. The van der Waals surface area contributed by atoms with Crippen LogP contribution in [0.1, 0.15) is 29.5 Å². The van der Waals surface area contributed by atoms with Crippen LogP contribution in [0.25, 0.3) is 0 Å². The number of carbonyl (C=O) groups is 1. The van der Waals surface area contributed by atoms with Crippen LogP contribution < -0.4 is 0 Å². The Hall–Kier alpha value is -0.540. The zero-order valence-electron chi connectivity index (χ0n) is 8.79. The van der Waals surface area contributed by atoms with Gasteiger partial charge in [-0.2, -0.15) is 0 Å². The molecule has 0 aromatic carbocycles. The fourth-order valence-electron chi connectivity index (χ4n) is 1.27. The van der Waals surface area contributed by atoms with Gasteiger partial charge in [-0.3, -0.25) is 4.79 Å². The lowest BCUT2D eigenvalue weighted by Gasteiger charge is -2.00. The molecule has 0 radical (unpaired) electrons. The number of esters is 1. The molecule has 0 N–H and O–H groups in total. The average Bonchev–Trinajstić information content (AvgIpc) is 2.66. The minimum Gasteiger partial charge on any atom is -0.466 e. The molecule has 0 amide bonds. The van der Waals surface area contributed by atoms with Crippen LogP contribution in [0.5, 0.6) is 0 Å². The molecular formula is C11H15ClO2S. The van der Waals surface area contributed by atoms with Crippen LogP contribution in [-0.4, -0.2) is 12.6 Å². The van der Waals surface area contributed by atoms with Crippen molar-refractivity contribution in [3.8, 4) is 0 Å². The SMILES string of the molecule is CCOC(=O)CCCc1ccc(CCl)s1. The fraction of sp³-hybridized carbons (Fsp3) is 0.545. The monoisotopic (exact) mass is 246 g/mol. The molecule has 4 heteroatoms. The summed E-state index contributed by atoms with van der Waals surface area (Å²) in [6.07, 6.45) is 2.28. The average molecular weight is 247 g/mol. The van der Waals surface area contributed by atoms with Crippen LogP contribution in [0, 0.1) is 0 Å². The van der Waals surface area contributed by atoms with Crippen LogP contribution in [0.15, 0.2) is 12.1 Å². The second-order valence-electron chi connectivity index (χ2n) is 3.16. The lowest BCUT2D eigenvalue weighted by atomic mass is 10.2. The highest BCUT2D eigenvalue weighted by Crippen LogP contribution is 2.20. The molecular weight excluding hydrogens is 232 g/mol. The standard InChI is InChI=1S/C11H15ClO2S/c1-2-14-11(13)5-3-4-9-6-7-10(8-12)15-9/h6-7H,2-5,8H2,1H3. The van der Waals surface area contributed by atoms with Gasteiger partial charge >= 0.3 is 5.97 Å². The molecule has 0 bridgehead atoms. The summed E-state index contributed by atoms with van der Waals surface area (Å²) in [7, 11) is 0. The van der Waals surface area contributed by atoms with E-state index in [1.54, 1.807) is 11.3 Å². The van der Waals surface area contributed by atoms with Crippen LogP contribution in [0.3, 0.4) is 0 Å². The largest absolute Gasteiger partial charge is 0.466 e. The third-order valence-electron chi connectivity index (χ3n) is 1.96. The predicted molar refractivity (Wildman–Crippen MR) is 63.4 cm³/mol. The van der Waals surface area contributed by atoms with Crippen molar-refractivity contribution in [2.75, 3.05) is 6.61 Å². The molecule has 1 aromatic heterocycles. The normalized spacial score (nSPS) is 10.3. The van der Waals surface area contributed by atoms with Gasteiger partial charge < -0.3 is 4.74 Å². The number of hydrogen-bond acceptors (Lipinski definition) is 3. The minimum atomic E-state index is -0.105. The van der Waals surface area contributed by atoms with Crippen molar-refractivity contribution in [1.82, 2.24) is 0 Å². The lowest BCUT2D eigenvalue weighted by molar-refractivity contribution is -0.143. The van der Waals surface area contributed by atoms with Crippen molar-refractivity contribution < 1.29 is 9.53 Å². The van der Waals surface area contributed by atoms with Gasteiger partial charge in [0.25, 0.3) is 0 Å². The van der Waals surface area contributed by atoms with E-state index in [0.717, 1.165) is 12.8 Å². The summed E-state index contributed by atoms with van der Waals surface area (Å²) in [6, 6.07) is 4.12. The number of alkyl halides is 1. The van der Waals surface area contributed by atoms with Crippen LogP contribution in [-0.2, 0) is 21.8 Å². The highest BCUT2D eigenvalue weighted by Gasteiger charge is 2.03. The van der Waals surface area contributed by atoms with E-state index in [-0.39, 0.29) is 5.97 Å². The third kappa shape index (κ3) is 4.67. The highest BCUT2D eigenvalue weighted by atomic mass is 35.5. The molecule has 0 unspecified atom stereocenters. The van der Waals surface area contributed by atoms with Crippen molar-refractivity contribution in [2.45, 2.75) is 32.1 Å². The summed E-state index contributed by atoms with van der Waals surface area (Å²) < 4.78 is 4.85. The van der Waals surface area contributed by atoms with E-state index in [0.29, 0.717) is 18.9 Å². The molecule has 0 saturated carbocycles. The summed E-state index contributed by atoms with van der Waals surface area (Å²) >= 11 is 7.42. The van der Waals surface area contributed by atoms with Gasteiger partial charge in [-0.25, -0.2) is 0 Å². The lowest BCUT2D eigenvalue weighted by Crippen LogP contribution is -2.03. The zero-order valence-corrected chi connectivity index (χ0v) is 10.4. The Morgan fingerprint density at radius 3 is 2.80 bits per heavy atom. The molecule has 84 valence electrons. The highest BCUT2D eigenvalue weighted by molar-refractivity contribution is 7.12. The van der Waals surface area contributed by atoms with Gasteiger partial charge in [0.05, 0.1) is 12.5 Å². The molecule has 0 aliphatic rings. The topological polar surface area (TPSA) is 26.3 Å². The maximum absolute atomic E-state index is 11.1. The molecule has 0 aliphatic heterocycles. The van der Waals surface area contributed by atoms with Gasteiger partial charge in [0, 0.05) is 16.2 Å². The smallest absolute Gasteiger partial charge is 0.305 e. The Bertz CT molecular complexity index is 309. The molecule has 1 heterocycles. The van der Waals surface area contributed by atoms with E-state index in [1.165, 1.54) is 9.75 Å². The van der Waals surface area contributed by atoms with Gasteiger partial charge in [0.2, 0.25) is 0 Å². The van der Waals surface area contributed by atoms with Crippen LogP contribution in [0.2, 0.25) is 0 Å². The van der Waals surface area contributed by atoms with E-state index in [4.69, 9.17) is 16.3 Å². The van der Waals surface area contributed by atoms with Crippen molar-refractivity contribution in [2.24, 2.45) is 0 Å². The Labute approximate surface area is 99.2 Å². The van der Waals surface area contributed by atoms with Crippen molar-refractivity contribution in [3.63, 3.8) is 0 Å². The third-order valence-corrected chi connectivity index (χ3v) is 3.55. The summed E-state index contributed by atoms with van der Waals surface area (Å²) in [5, 5.41) is 0. The number of carbonyl (C=O) groups excluding carboxylic acids is 1. The van der Waals surface area contributed by atoms with Crippen molar-refractivity contribution in [1.29, 1.82) is 0 Å². The maximum atomic E-state index is 11.1. The van der Waals surface area contributed by atoms with Crippen LogP contribution in [0.4, 0.5) is 0 Å². The molecule has 0 aliphatic carbocycles. The van der Waals surface area contributed by atoms with Gasteiger partial charge in [0.15, 0.2) is 0 Å². The zero-order chi connectivity index (χ0) is 11.1. The first kappa shape index (κ1) is 12.5. The Kier molecular flexibility index (Phi) is 5.73. The van der Waals surface area contributed by atoms with Gasteiger partial charge in [0.1, 0.15) is 0 Å². The molecule has 1 rings (SSSR count). The van der Waals surface area contributed by atoms with Crippen molar-refractivity contribution in [3.05, 3.63) is 21.9 Å². The summed E-state index contributed by atoms with van der Waals surface area (Å²) in [4.78, 5) is 13.5. The van der Waals surface area contributed by atoms with Gasteiger partial charge in [-0.05, 0) is 31.9 Å². The van der Waals surface area contributed by atoms with Crippen molar-refractivity contribution >= 4 is 28.9 Å². The number of ether oxygens (including phenoxy) is 1. The first-order valence-corrected chi connectivity index (χ1v) is 6.40. The number of hydrogen-bond donors (Lipinski definition) is 0. The fourth-order valence-corrected chi connectivity index (χ4v) is 2.43. The Balaban J connectivity index is 2.22. The number of halogens is 1. The minimum absolute atomic E-state index is 0.105. The van der Waals surface area contributed by atoms with E-state index < -0.39 is 0 Å². The predicted octanol–water partition coefficient (Wildman–Crippen LogP) is 3.37. The first-order valence-electron chi connectivity index (χ1n) is 5.05. The number of rotatable bonds is 6. The Morgan fingerprint density at radius 1 is 1.47 bits per heavy atom. The van der Waals surface area contributed by atoms with Gasteiger partial charge in [-0.1, -0.05) is 0 Å². The molecule has 0 atom stereocenters. The summed E-state index contributed by atoms with van der Waals surface area (Å²) in [5.74, 6) is 0.467. The second kappa shape index (κ2) is 6.85. The Morgan fingerprint density at radius 2 is 2.20 bits per heavy atom. The van der Waals surface area contributed by atoms with E-state index in [2.05, 4.69) is 6.07 Å². The van der Waals surface area contributed by atoms with E-state index in [9.17, 15) is 4.79 Å². The molecule has 0 spiro atoms. The number of aryl methyl sites for hydroxylation is 1. The van der Waals surface area contributed by atoms with E-state index >= 15 is 0 Å². The molecule has 2 nitrogen and oxygen atoms in total. The van der Waals surface area contributed by atoms with E-state index in [1.807, 2.05) is 13.0 Å². The second-order valence-corrected chi connectivity index (χ2v) is 4.68. The molecule has 1 aromatic rings. The molecule has 15 heavy (non-hydrogen) atoms. The summed E-state index contributed by atoms with van der Waals surface area (Å²) in [6.45, 7) is 2.29. The first-order chi connectivity index (χ1) is 7.26. The molecule has 0 fully saturated rings. The van der Waals surface area contributed by atoms with Gasteiger partial charge in [-0.15, -0.1) is 22.9 Å². The molecule has 0 saturated heterocycles. The number of thiophene rings is 1. The quantitative estimate of drug-likeness (QED) is 0.568. The van der Waals surface area contributed by atoms with Crippen LogP contribution >= 0.6 is 22.9 Å². The summed E-state index contributed by atoms with van der Waals surface area (Å²) in [5.41, 5.74) is 0.